The molecule has 2 unspecified atom stereocenters. The Labute approximate surface area is 341 Å². The Balaban J connectivity index is 1.18. The van der Waals surface area contributed by atoms with Crippen molar-refractivity contribution in [3.63, 3.8) is 0 Å². The van der Waals surface area contributed by atoms with Crippen molar-refractivity contribution >= 4 is 51.6 Å². The summed E-state index contributed by atoms with van der Waals surface area (Å²) < 4.78 is 49.6. The van der Waals surface area contributed by atoms with Crippen molar-refractivity contribution in [3.05, 3.63) is 96.2 Å². The number of urea groups is 1. The minimum Gasteiger partial charge on any atom is -0.481 e. The first-order valence-corrected chi connectivity index (χ1v) is 19.4. The highest BCUT2D eigenvalue weighted by atomic mass is 35.5. The summed E-state index contributed by atoms with van der Waals surface area (Å²) in [7, 11) is 6.13. The Morgan fingerprint density at radius 1 is 1.00 bits per heavy atom. The monoisotopic (exact) mass is 840 g/mol. The molecule has 1 aliphatic heterocycles. The van der Waals surface area contributed by atoms with Crippen molar-refractivity contribution in [1.82, 2.24) is 34.2 Å². The van der Waals surface area contributed by atoms with E-state index in [2.05, 4.69) is 27.6 Å². The van der Waals surface area contributed by atoms with Crippen LogP contribution in [0.2, 0.25) is 10.0 Å². The second-order valence-electron chi connectivity index (χ2n) is 14.5. The molecule has 2 amide bonds. The molecule has 2 aromatic carbocycles. The van der Waals surface area contributed by atoms with E-state index in [0.29, 0.717) is 52.4 Å². The van der Waals surface area contributed by atoms with Crippen molar-refractivity contribution in [2.24, 2.45) is 14.1 Å². The largest absolute Gasteiger partial charge is 0.481 e. The molecular weight excluding hydrogens is 800 g/mol. The Morgan fingerprint density at radius 2 is 1.71 bits per heavy atom. The molecule has 3 aromatic heterocycles. The highest BCUT2D eigenvalue weighted by molar-refractivity contribution is 6.39. The first-order valence-electron chi connectivity index (χ1n) is 18.6. The van der Waals surface area contributed by atoms with Crippen LogP contribution >= 0.6 is 23.2 Å². The number of β-amino-alcohol motifs (C(OH)–C–C–N with tert-alkyl or cyclic N) is 1. The summed E-state index contributed by atoms with van der Waals surface area (Å²) in [4.78, 5) is 50.9. The van der Waals surface area contributed by atoms with E-state index >= 15 is 0 Å². The molecule has 1 aliphatic carbocycles. The number of aryl methyl sites for hydroxylation is 2. The predicted octanol–water partition coefficient (Wildman–Crippen LogP) is 6.52. The molecule has 5 aromatic rings. The van der Waals surface area contributed by atoms with E-state index < -0.39 is 28.9 Å². The maximum absolute atomic E-state index is 14.0. The Hall–Kier alpha value is -5.16. The van der Waals surface area contributed by atoms with Gasteiger partial charge in [-0.1, -0.05) is 53.5 Å². The van der Waals surface area contributed by atoms with E-state index in [0.717, 1.165) is 52.5 Å². The number of fused-ring (bicyclic) bond motifs is 2. The molecule has 0 spiro atoms. The fourth-order valence-corrected chi connectivity index (χ4v) is 8.46. The second kappa shape index (κ2) is 16.2. The standard InChI is InChI=1S/C40H41Cl2F3N8O5/c1-50(15-13-22-14-16-53(17-18-54)38(56)46-22)28-12-11-21-19-27(48-36(58-4)31(21)28)25-9-5-7-23(33(25)41)24-8-6-10-26(34(24)42)47-35-32-29(20-30(49-35)40(43,44)45)51(2)39(57)52(3)37(32)55/h5-10,19-20,22,28,54H,11-18H2,1-4H3,(H,46,56)(H,47,49). The summed E-state index contributed by atoms with van der Waals surface area (Å²) >= 11 is 14.1. The van der Waals surface area contributed by atoms with Gasteiger partial charge in [0.1, 0.15) is 16.9 Å². The number of carbonyl (C=O) groups is 1. The molecule has 58 heavy (non-hydrogen) atoms. The molecule has 1 saturated heterocycles. The lowest BCUT2D eigenvalue weighted by Crippen LogP contribution is -2.53. The highest BCUT2D eigenvalue weighted by Crippen LogP contribution is 2.46. The molecule has 7 rings (SSSR count). The van der Waals surface area contributed by atoms with Crippen LogP contribution in [-0.2, 0) is 26.7 Å². The minimum atomic E-state index is -4.88. The number of nitrogens with zero attached hydrogens (tertiary/aromatic N) is 6. The lowest BCUT2D eigenvalue weighted by atomic mass is 9.99. The molecule has 3 N–H and O–H groups in total. The summed E-state index contributed by atoms with van der Waals surface area (Å²) in [5.41, 5.74) is 1.17. The van der Waals surface area contributed by atoms with Gasteiger partial charge in [-0.25, -0.2) is 19.6 Å². The van der Waals surface area contributed by atoms with Crippen LogP contribution in [-0.4, -0.2) is 86.5 Å². The number of carbonyl (C=O) groups excluding carboxylic acids is 1. The van der Waals surface area contributed by atoms with Gasteiger partial charge in [0, 0.05) is 68.1 Å². The van der Waals surface area contributed by atoms with Crippen LogP contribution in [0.15, 0.2) is 58.1 Å². The van der Waals surface area contributed by atoms with Gasteiger partial charge in [-0.2, -0.15) is 13.2 Å². The summed E-state index contributed by atoms with van der Waals surface area (Å²) in [5.74, 6) is 0.0484. The van der Waals surface area contributed by atoms with E-state index in [1.54, 1.807) is 36.3 Å². The van der Waals surface area contributed by atoms with Crippen LogP contribution in [0, 0.1) is 0 Å². The van der Waals surface area contributed by atoms with E-state index in [-0.39, 0.29) is 46.3 Å². The number of amides is 2. The third kappa shape index (κ3) is 7.61. The quantitative estimate of drug-likeness (QED) is 0.135. The van der Waals surface area contributed by atoms with Crippen molar-refractivity contribution in [2.75, 3.05) is 45.7 Å². The number of anilines is 2. The van der Waals surface area contributed by atoms with Gasteiger partial charge in [-0.15, -0.1) is 0 Å². The van der Waals surface area contributed by atoms with Gasteiger partial charge < -0.3 is 25.4 Å². The molecule has 4 heterocycles. The highest BCUT2D eigenvalue weighted by Gasteiger charge is 2.35. The topological polar surface area (TPSA) is 147 Å². The predicted molar refractivity (Wildman–Crippen MR) is 216 cm³/mol. The van der Waals surface area contributed by atoms with Gasteiger partial charge in [0.05, 0.1) is 40.7 Å². The summed E-state index contributed by atoms with van der Waals surface area (Å²) in [6.45, 7) is 1.59. The summed E-state index contributed by atoms with van der Waals surface area (Å²) in [5, 5.41) is 15.3. The number of nitrogens with one attached hydrogen (secondary N) is 2. The average molecular weight is 842 g/mol. The number of rotatable bonds is 11. The molecule has 1 fully saturated rings. The normalized spacial score (nSPS) is 16.9. The zero-order chi connectivity index (χ0) is 41.6. The number of methoxy groups -OCH3 is 1. The van der Waals surface area contributed by atoms with Crippen molar-refractivity contribution in [2.45, 2.75) is 43.9 Å². The number of ether oxygens (including phenoxy) is 1. The number of hydrogen-bond donors (Lipinski definition) is 3. The van der Waals surface area contributed by atoms with Crippen molar-refractivity contribution in [1.29, 1.82) is 0 Å². The molecule has 0 saturated carbocycles. The van der Waals surface area contributed by atoms with E-state index in [9.17, 15) is 32.7 Å². The third-order valence-corrected chi connectivity index (χ3v) is 11.8. The molecule has 0 bridgehead atoms. The third-order valence-electron chi connectivity index (χ3n) is 11.0. The smallest absolute Gasteiger partial charge is 0.433 e. The number of aromatic nitrogens is 4. The molecule has 306 valence electrons. The molecule has 13 nitrogen and oxygen atoms in total. The van der Waals surface area contributed by atoms with Crippen molar-refractivity contribution in [3.8, 4) is 28.3 Å². The first-order chi connectivity index (χ1) is 27.6. The average Bonchev–Trinajstić information content (AvgIpc) is 3.64. The molecule has 2 atom stereocenters. The molecule has 0 radical (unpaired) electrons. The van der Waals surface area contributed by atoms with Crippen LogP contribution in [0.3, 0.4) is 0 Å². The van der Waals surface area contributed by atoms with Crippen LogP contribution < -0.4 is 26.6 Å². The molecular formula is C40H41Cl2F3N8O5. The van der Waals surface area contributed by atoms with Gasteiger partial charge in [0.15, 0.2) is 0 Å². The maximum Gasteiger partial charge on any atom is 0.433 e. The number of halogens is 5. The number of benzene rings is 2. The Morgan fingerprint density at radius 3 is 2.40 bits per heavy atom. The fraction of sp³-hybridized carbons (Fsp3) is 0.375. The maximum atomic E-state index is 14.0. The van der Waals surface area contributed by atoms with Gasteiger partial charge in [0.25, 0.3) is 5.56 Å². The summed E-state index contributed by atoms with van der Waals surface area (Å²) in [6.07, 6.45) is -1.69. The van der Waals surface area contributed by atoms with Gasteiger partial charge in [-0.3, -0.25) is 18.8 Å². The number of hydrogen-bond acceptors (Lipinski definition) is 9. The number of pyridine rings is 2. The van der Waals surface area contributed by atoms with Crippen LogP contribution in [0.5, 0.6) is 5.88 Å². The fourth-order valence-electron chi connectivity index (χ4n) is 7.86. The number of alkyl halides is 3. The van der Waals surface area contributed by atoms with Crippen LogP contribution in [0.1, 0.15) is 42.1 Å². The Bertz CT molecular complexity index is 2550. The first kappa shape index (κ1) is 41.0. The van der Waals surface area contributed by atoms with Gasteiger partial charge in [-0.05, 0) is 56.5 Å². The van der Waals surface area contributed by atoms with Crippen LogP contribution in [0.25, 0.3) is 33.3 Å². The minimum absolute atomic E-state index is 0.0373. The molecule has 2 aliphatic rings. The molecule has 18 heteroatoms. The van der Waals surface area contributed by atoms with E-state index in [1.807, 2.05) is 12.1 Å². The van der Waals surface area contributed by atoms with Crippen LogP contribution in [0.4, 0.5) is 29.5 Å². The zero-order valence-corrected chi connectivity index (χ0v) is 33.6. The van der Waals surface area contributed by atoms with E-state index in [1.165, 1.54) is 20.2 Å². The SMILES string of the molecule is COc1nc(-c2cccc(-c3cccc(Nc4nc(C(F)(F)F)cc5c4c(=O)n(C)c(=O)n5C)c3Cl)c2Cl)cc2c1C(N(C)CCC1CCN(CCO)C(=O)N1)CC2. The summed E-state index contributed by atoms with van der Waals surface area (Å²) in [6, 6.07) is 12.9. The number of aliphatic hydroxyl groups excluding tert-OH is 1. The van der Waals surface area contributed by atoms with Crippen molar-refractivity contribution < 1.29 is 27.8 Å². The van der Waals surface area contributed by atoms with Gasteiger partial charge in [0.2, 0.25) is 5.88 Å². The van der Waals surface area contributed by atoms with E-state index in [4.69, 9.17) is 32.9 Å². The van der Waals surface area contributed by atoms with Gasteiger partial charge >= 0.3 is 17.9 Å². The Kier molecular flexibility index (Phi) is 11.5. The lowest BCUT2D eigenvalue weighted by molar-refractivity contribution is -0.141. The second-order valence-corrected chi connectivity index (χ2v) is 15.2. The number of aliphatic hydroxyl groups is 1. The zero-order valence-electron chi connectivity index (χ0n) is 32.1. The lowest BCUT2D eigenvalue weighted by Gasteiger charge is -2.34.